The number of nitrogens with zero attached hydrogens (tertiary/aromatic N) is 3. The third kappa shape index (κ3) is 4.55. The fraction of sp³-hybridized carbons (Fsp3) is 0.0400. The molecule has 34 heavy (non-hydrogen) atoms. The van der Waals surface area contributed by atoms with Crippen molar-refractivity contribution in [3.63, 3.8) is 0 Å². The highest BCUT2D eigenvalue weighted by Crippen LogP contribution is 2.36. The number of carbonyl (C=O) groups is 1. The van der Waals surface area contributed by atoms with Crippen LogP contribution < -0.4 is 0 Å². The molecule has 2 aromatic heterocycles. The molecule has 1 fully saturated rings. The number of nitro groups is 1. The Bertz CT molecular complexity index is 1410. The molecule has 8 nitrogen and oxygen atoms in total. The quantitative estimate of drug-likeness (QED) is 0.187. The Hall–Kier alpha value is -4.37. The zero-order chi connectivity index (χ0) is 23.5. The van der Waals surface area contributed by atoms with Crippen molar-refractivity contribution < 1.29 is 18.6 Å². The van der Waals surface area contributed by atoms with E-state index >= 15 is 0 Å². The van der Waals surface area contributed by atoms with E-state index in [0.717, 1.165) is 5.69 Å². The Balaban J connectivity index is 1.45. The van der Waals surface area contributed by atoms with Crippen LogP contribution in [0, 0.1) is 10.1 Å². The van der Waals surface area contributed by atoms with Gasteiger partial charge in [-0.25, -0.2) is 4.99 Å². The highest BCUT2D eigenvalue weighted by molar-refractivity contribution is 8.18. The third-order valence-corrected chi connectivity index (χ3v) is 6.01. The van der Waals surface area contributed by atoms with Crippen LogP contribution in [-0.2, 0) is 11.3 Å². The molecule has 0 radical (unpaired) electrons. The van der Waals surface area contributed by atoms with Gasteiger partial charge in [-0.05, 0) is 48.2 Å². The number of furan rings is 2. The SMILES string of the molecule is O=C1/C(=C/c2ccc(-c3cccc([N+](=O)[O-])c3)o2)SC(=Nc2ccccc2)N1Cc1ccco1. The van der Waals surface area contributed by atoms with E-state index < -0.39 is 4.92 Å². The van der Waals surface area contributed by atoms with Crippen LogP contribution in [-0.4, -0.2) is 20.9 Å². The molecule has 3 heterocycles. The topological polar surface area (TPSA) is 102 Å². The van der Waals surface area contributed by atoms with Gasteiger partial charge in [0.05, 0.1) is 28.3 Å². The predicted molar refractivity (Wildman–Crippen MR) is 129 cm³/mol. The van der Waals surface area contributed by atoms with Gasteiger partial charge in [-0.3, -0.25) is 19.8 Å². The van der Waals surface area contributed by atoms with Gasteiger partial charge in [0.1, 0.15) is 17.3 Å². The number of rotatable bonds is 6. The minimum absolute atomic E-state index is 0.0225. The van der Waals surface area contributed by atoms with Crippen LogP contribution in [0.15, 0.2) is 104 Å². The second kappa shape index (κ2) is 9.24. The summed E-state index contributed by atoms with van der Waals surface area (Å²) >= 11 is 1.25. The molecule has 9 heteroatoms. The van der Waals surface area contributed by atoms with E-state index in [2.05, 4.69) is 4.99 Å². The second-order valence-electron chi connectivity index (χ2n) is 7.32. The summed E-state index contributed by atoms with van der Waals surface area (Å²) in [4.78, 5) is 30.5. The number of amides is 1. The minimum atomic E-state index is -0.454. The van der Waals surface area contributed by atoms with E-state index in [-0.39, 0.29) is 18.1 Å². The molecule has 1 aliphatic heterocycles. The summed E-state index contributed by atoms with van der Waals surface area (Å²) < 4.78 is 11.3. The number of aliphatic imine (C=N–C) groups is 1. The third-order valence-electron chi connectivity index (χ3n) is 5.00. The van der Waals surface area contributed by atoms with Crippen LogP contribution in [0.3, 0.4) is 0 Å². The Morgan fingerprint density at radius 2 is 1.88 bits per heavy atom. The van der Waals surface area contributed by atoms with Gasteiger partial charge >= 0.3 is 0 Å². The van der Waals surface area contributed by atoms with E-state index in [1.165, 1.54) is 23.9 Å². The molecule has 0 atom stereocenters. The molecule has 1 saturated heterocycles. The normalized spacial score (nSPS) is 16.0. The van der Waals surface area contributed by atoms with Crippen molar-refractivity contribution in [1.82, 2.24) is 4.90 Å². The van der Waals surface area contributed by atoms with E-state index in [1.807, 2.05) is 30.3 Å². The first-order valence-electron chi connectivity index (χ1n) is 10.3. The van der Waals surface area contributed by atoms with Gasteiger partial charge in [0.15, 0.2) is 5.17 Å². The Morgan fingerprint density at radius 3 is 2.65 bits per heavy atom. The lowest BCUT2D eigenvalue weighted by atomic mass is 10.1. The number of non-ortho nitro benzene ring substituents is 1. The van der Waals surface area contributed by atoms with Crippen LogP contribution in [0.1, 0.15) is 11.5 Å². The van der Waals surface area contributed by atoms with Crippen molar-refractivity contribution >= 4 is 40.3 Å². The monoisotopic (exact) mass is 471 g/mol. The summed E-state index contributed by atoms with van der Waals surface area (Å²) in [5.74, 6) is 1.35. The van der Waals surface area contributed by atoms with Crippen molar-refractivity contribution in [1.29, 1.82) is 0 Å². The van der Waals surface area contributed by atoms with Gasteiger partial charge in [0, 0.05) is 23.8 Å². The number of benzene rings is 2. The van der Waals surface area contributed by atoms with Crippen molar-refractivity contribution in [3.05, 3.63) is 112 Å². The van der Waals surface area contributed by atoms with Crippen LogP contribution in [0.2, 0.25) is 0 Å². The zero-order valence-electron chi connectivity index (χ0n) is 17.7. The lowest BCUT2D eigenvalue weighted by Gasteiger charge is -2.13. The lowest BCUT2D eigenvalue weighted by molar-refractivity contribution is -0.384. The van der Waals surface area contributed by atoms with E-state index in [1.54, 1.807) is 53.6 Å². The van der Waals surface area contributed by atoms with Gasteiger partial charge in [-0.2, -0.15) is 0 Å². The second-order valence-corrected chi connectivity index (χ2v) is 8.33. The van der Waals surface area contributed by atoms with Crippen LogP contribution in [0.25, 0.3) is 17.4 Å². The molecule has 4 aromatic rings. The summed E-state index contributed by atoms with van der Waals surface area (Å²) in [5.41, 5.74) is 1.29. The van der Waals surface area contributed by atoms with Gasteiger partial charge < -0.3 is 8.83 Å². The average Bonchev–Trinajstić information content (AvgIpc) is 3.59. The molecule has 2 aromatic carbocycles. The standard InChI is InChI=1S/C25H17N3O5S/c29-24-23(15-20-11-12-22(33-20)17-6-4-9-19(14-17)28(30)31)34-25(26-18-7-2-1-3-8-18)27(24)16-21-10-5-13-32-21/h1-15H,16H2/b23-15-,26-25?. The first-order valence-corrected chi connectivity index (χ1v) is 11.1. The number of para-hydroxylation sites is 1. The largest absolute Gasteiger partial charge is 0.467 e. The molecule has 0 saturated carbocycles. The van der Waals surface area contributed by atoms with Crippen LogP contribution in [0.5, 0.6) is 0 Å². The number of hydrogen-bond donors (Lipinski definition) is 0. The van der Waals surface area contributed by atoms with E-state index in [0.29, 0.717) is 32.9 Å². The summed E-state index contributed by atoms with van der Waals surface area (Å²) in [7, 11) is 0. The van der Waals surface area contributed by atoms with Crippen LogP contribution >= 0.6 is 11.8 Å². The summed E-state index contributed by atoms with van der Waals surface area (Å²) in [6.45, 7) is 0.249. The zero-order valence-corrected chi connectivity index (χ0v) is 18.5. The molecular formula is C25H17N3O5S. The molecule has 1 aliphatic rings. The fourth-order valence-corrected chi connectivity index (χ4v) is 4.37. The number of nitro benzene ring substituents is 1. The van der Waals surface area contributed by atoms with Crippen molar-refractivity contribution in [2.24, 2.45) is 4.99 Å². The molecule has 0 aliphatic carbocycles. The summed E-state index contributed by atoms with van der Waals surface area (Å²) in [5, 5.41) is 11.6. The summed E-state index contributed by atoms with van der Waals surface area (Å²) in [6.07, 6.45) is 3.21. The fourth-order valence-electron chi connectivity index (χ4n) is 3.39. The lowest BCUT2D eigenvalue weighted by Crippen LogP contribution is -2.28. The van der Waals surface area contributed by atoms with E-state index in [9.17, 15) is 14.9 Å². The van der Waals surface area contributed by atoms with Gasteiger partial charge in [0.2, 0.25) is 0 Å². The highest BCUT2D eigenvalue weighted by Gasteiger charge is 2.34. The molecule has 1 amide bonds. The molecule has 0 spiro atoms. The molecule has 0 bridgehead atoms. The molecule has 5 rings (SSSR count). The maximum absolute atomic E-state index is 13.2. The number of thioether (sulfide) groups is 1. The maximum atomic E-state index is 13.2. The molecular weight excluding hydrogens is 454 g/mol. The van der Waals surface area contributed by atoms with Crippen molar-refractivity contribution in [3.8, 4) is 11.3 Å². The Kier molecular flexibility index (Phi) is 5.84. The number of carbonyl (C=O) groups excluding carboxylic acids is 1. The van der Waals surface area contributed by atoms with Gasteiger partial charge in [-0.15, -0.1) is 0 Å². The number of amidine groups is 1. The molecule has 0 unspecified atom stereocenters. The van der Waals surface area contributed by atoms with E-state index in [4.69, 9.17) is 8.83 Å². The Labute approximate surface area is 198 Å². The van der Waals surface area contributed by atoms with Crippen LogP contribution in [0.4, 0.5) is 11.4 Å². The predicted octanol–water partition coefficient (Wildman–Crippen LogP) is 6.25. The smallest absolute Gasteiger partial charge is 0.270 e. The minimum Gasteiger partial charge on any atom is -0.467 e. The molecule has 168 valence electrons. The maximum Gasteiger partial charge on any atom is 0.270 e. The summed E-state index contributed by atoms with van der Waals surface area (Å²) in [6, 6.07) is 22.6. The van der Waals surface area contributed by atoms with Crippen molar-refractivity contribution in [2.75, 3.05) is 0 Å². The molecule has 0 N–H and O–H groups in total. The Morgan fingerprint density at radius 1 is 1.03 bits per heavy atom. The highest BCUT2D eigenvalue weighted by atomic mass is 32.2. The first-order chi connectivity index (χ1) is 16.6. The number of hydrogen-bond acceptors (Lipinski definition) is 7. The van der Waals surface area contributed by atoms with Gasteiger partial charge in [-0.1, -0.05) is 30.3 Å². The van der Waals surface area contributed by atoms with Gasteiger partial charge in [0.25, 0.3) is 11.6 Å². The first kappa shape index (κ1) is 21.5. The average molecular weight is 471 g/mol. The van der Waals surface area contributed by atoms with Crippen molar-refractivity contribution in [2.45, 2.75) is 6.54 Å².